The lowest BCUT2D eigenvalue weighted by Gasteiger charge is -2.38. The molecule has 2 rings (SSSR count). The Labute approximate surface area is 173 Å². The minimum atomic E-state index is -0.470. The molecule has 1 aromatic rings. The van der Waals surface area contributed by atoms with Crippen LogP contribution in [0.25, 0.3) is 0 Å². The molecule has 0 atom stereocenters. The minimum Gasteiger partial charge on any atom is -0.339 e. The van der Waals surface area contributed by atoms with Gasteiger partial charge in [0.25, 0.3) is 5.91 Å². The van der Waals surface area contributed by atoms with Crippen LogP contribution in [0.2, 0.25) is 0 Å². The van der Waals surface area contributed by atoms with Crippen molar-refractivity contribution in [1.82, 2.24) is 20.4 Å². The van der Waals surface area contributed by atoms with E-state index in [9.17, 15) is 14.4 Å². The smallest absolute Gasteiger partial charge is 0.321 e. The van der Waals surface area contributed by atoms with Crippen LogP contribution in [0.3, 0.4) is 0 Å². The zero-order valence-electron chi connectivity index (χ0n) is 18.0. The maximum atomic E-state index is 12.6. The van der Waals surface area contributed by atoms with E-state index in [4.69, 9.17) is 0 Å². The number of carbonyl (C=O) groups excluding carboxylic acids is 3. The first-order valence-electron chi connectivity index (χ1n) is 10.4. The predicted molar refractivity (Wildman–Crippen MR) is 114 cm³/mol. The van der Waals surface area contributed by atoms with Crippen molar-refractivity contribution in [3.05, 3.63) is 35.9 Å². The molecule has 7 heteroatoms. The van der Waals surface area contributed by atoms with Crippen molar-refractivity contribution in [3.63, 3.8) is 0 Å². The van der Waals surface area contributed by atoms with Gasteiger partial charge in [0, 0.05) is 30.2 Å². The van der Waals surface area contributed by atoms with E-state index < -0.39 is 11.6 Å². The van der Waals surface area contributed by atoms with Gasteiger partial charge in [-0.2, -0.15) is 0 Å². The molecule has 0 radical (unpaired) electrons. The molecule has 0 aromatic heterocycles. The molecular weight excluding hydrogens is 368 g/mol. The van der Waals surface area contributed by atoms with E-state index in [1.54, 1.807) is 0 Å². The Bertz CT molecular complexity index is 692. The normalized spacial score (nSPS) is 15.3. The van der Waals surface area contributed by atoms with Gasteiger partial charge in [0.15, 0.2) is 0 Å². The van der Waals surface area contributed by atoms with Crippen molar-refractivity contribution < 1.29 is 14.4 Å². The number of nitrogens with one attached hydrogen (secondary N) is 2. The van der Waals surface area contributed by atoms with Crippen molar-refractivity contribution in [3.8, 4) is 0 Å². The quantitative estimate of drug-likeness (QED) is 0.766. The molecule has 4 amide bonds. The van der Waals surface area contributed by atoms with Gasteiger partial charge in [-0.3, -0.25) is 19.8 Å². The van der Waals surface area contributed by atoms with Crippen LogP contribution in [-0.4, -0.2) is 65.4 Å². The molecule has 1 saturated heterocycles. The van der Waals surface area contributed by atoms with Crippen LogP contribution in [-0.2, 0) is 4.79 Å². The summed E-state index contributed by atoms with van der Waals surface area (Å²) in [6.07, 6.45) is 2.56. The lowest BCUT2D eigenvalue weighted by atomic mass is 10.0. The number of likely N-dealkylation sites (tertiary alicyclic amines) is 1. The topological polar surface area (TPSA) is 81.8 Å². The predicted octanol–water partition coefficient (Wildman–Crippen LogP) is 2.63. The first kappa shape index (κ1) is 22.9. The number of hydrogen-bond donors (Lipinski definition) is 2. The number of amides is 4. The molecule has 1 heterocycles. The molecule has 2 N–H and O–H groups in total. The summed E-state index contributed by atoms with van der Waals surface area (Å²) in [5, 5.41) is 5.15. The molecule has 1 aliphatic heterocycles. The van der Waals surface area contributed by atoms with Gasteiger partial charge >= 0.3 is 6.03 Å². The largest absolute Gasteiger partial charge is 0.339 e. The van der Waals surface area contributed by atoms with E-state index in [1.807, 2.05) is 56.0 Å². The van der Waals surface area contributed by atoms with E-state index in [1.165, 1.54) is 0 Å². The summed E-state index contributed by atoms with van der Waals surface area (Å²) in [5.41, 5.74) is 0.312. The van der Waals surface area contributed by atoms with Crippen LogP contribution >= 0.6 is 0 Å². The highest BCUT2D eigenvalue weighted by atomic mass is 16.2. The lowest BCUT2D eigenvalue weighted by molar-refractivity contribution is -0.122. The van der Waals surface area contributed by atoms with Gasteiger partial charge in [-0.1, -0.05) is 25.1 Å². The third-order valence-electron chi connectivity index (χ3n) is 4.89. The summed E-state index contributed by atoms with van der Waals surface area (Å²) in [4.78, 5) is 40.9. The van der Waals surface area contributed by atoms with E-state index in [-0.39, 0.29) is 24.4 Å². The van der Waals surface area contributed by atoms with Crippen LogP contribution in [0.5, 0.6) is 0 Å². The molecule has 160 valence electrons. The van der Waals surface area contributed by atoms with Crippen LogP contribution < -0.4 is 10.6 Å². The number of urea groups is 1. The fourth-order valence-corrected chi connectivity index (χ4v) is 3.60. The number of imide groups is 1. The second-order valence-electron chi connectivity index (χ2n) is 8.61. The number of nitrogens with zero attached hydrogens (tertiary/aromatic N) is 2. The Hall–Kier alpha value is -2.41. The average Bonchev–Trinajstić information content (AvgIpc) is 2.66. The Morgan fingerprint density at radius 3 is 2.28 bits per heavy atom. The average molecular weight is 403 g/mol. The summed E-state index contributed by atoms with van der Waals surface area (Å²) in [6, 6.07) is 9.08. The molecule has 1 aromatic carbocycles. The summed E-state index contributed by atoms with van der Waals surface area (Å²) < 4.78 is 0. The number of piperidine rings is 1. The van der Waals surface area contributed by atoms with Crippen molar-refractivity contribution in [1.29, 1.82) is 0 Å². The van der Waals surface area contributed by atoms with Crippen LogP contribution in [0.15, 0.2) is 30.3 Å². The second-order valence-corrected chi connectivity index (χ2v) is 8.61. The van der Waals surface area contributed by atoms with Crippen molar-refractivity contribution in [2.45, 2.75) is 58.5 Å². The fraction of sp³-hybridized carbons (Fsp3) is 0.591. The van der Waals surface area contributed by atoms with Gasteiger partial charge in [-0.25, -0.2) is 4.79 Å². The number of benzene rings is 1. The van der Waals surface area contributed by atoms with Crippen LogP contribution in [0.1, 0.15) is 57.3 Å². The highest BCUT2D eigenvalue weighted by molar-refractivity contribution is 5.95. The Morgan fingerprint density at radius 1 is 1.10 bits per heavy atom. The molecule has 7 nitrogen and oxygen atoms in total. The minimum absolute atomic E-state index is 0.0580. The first-order valence-corrected chi connectivity index (χ1v) is 10.4. The zero-order chi connectivity index (χ0) is 21.4. The first-order chi connectivity index (χ1) is 13.7. The highest BCUT2D eigenvalue weighted by Gasteiger charge is 2.28. The second kappa shape index (κ2) is 10.4. The molecular formula is C22H34N4O3. The molecule has 1 fully saturated rings. The molecule has 0 bridgehead atoms. The zero-order valence-corrected chi connectivity index (χ0v) is 18.0. The van der Waals surface area contributed by atoms with Gasteiger partial charge in [0.05, 0.1) is 6.54 Å². The molecule has 0 saturated carbocycles. The standard InChI is InChI=1S/C22H34N4O3/c1-5-13-26(16-19(27)23-21(29)24-22(2,3)4)18-11-14-25(15-12-18)20(28)17-9-7-6-8-10-17/h6-10,18H,5,11-16H2,1-4H3,(H2,23,24,27,29). The van der Waals surface area contributed by atoms with Crippen LogP contribution in [0, 0.1) is 0 Å². The van der Waals surface area contributed by atoms with E-state index in [0.29, 0.717) is 18.7 Å². The number of carbonyl (C=O) groups is 3. The van der Waals surface area contributed by atoms with Gasteiger partial charge in [0.1, 0.15) is 0 Å². The molecule has 29 heavy (non-hydrogen) atoms. The molecule has 0 aliphatic carbocycles. The number of rotatable bonds is 6. The van der Waals surface area contributed by atoms with Crippen molar-refractivity contribution in [2.24, 2.45) is 0 Å². The molecule has 1 aliphatic rings. The van der Waals surface area contributed by atoms with Gasteiger partial charge in [-0.05, 0) is 58.7 Å². The maximum Gasteiger partial charge on any atom is 0.321 e. The summed E-state index contributed by atoms with van der Waals surface area (Å²) >= 11 is 0. The highest BCUT2D eigenvalue weighted by Crippen LogP contribution is 2.19. The lowest BCUT2D eigenvalue weighted by Crippen LogP contribution is -2.53. The summed E-state index contributed by atoms with van der Waals surface area (Å²) in [7, 11) is 0. The fourth-order valence-electron chi connectivity index (χ4n) is 3.60. The van der Waals surface area contributed by atoms with E-state index in [2.05, 4.69) is 22.5 Å². The maximum absolute atomic E-state index is 12.6. The monoisotopic (exact) mass is 402 g/mol. The third-order valence-corrected chi connectivity index (χ3v) is 4.89. The molecule has 0 unspecified atom stereocenters. The van der Waals surface area contributed by atoms with Crippen molar-refractivity contribution >= 4 is 17.8 Å². The molecule has 0 spiro atoms. The van der Waals surface area contributed by atoms with Gasteiger partial charge < -0.3 is 10.2 Å². The number of hydrogen-bond acceptors (Lipinski definition) is 4. The Kier molecular flexibility index (Phi) is 8.20. The summed E-state index contributed by atoms with van der Waals surface area (Å²) in [5.74, 6) is -0.245. The van der Waals surface area contributed by atoms with Crippen molar-refractivity contribution in [2.75, 3.05) is 26.2 Å². The van der Waals surface area contributed by atoms with Gasteiger partial charge in [0.2, 0.25) is 5.91 Å². The van der Waals surface area contributed by atoms with Gasteiger partial charge in [-0.15, -0.1) is 0 Å². The SMILES string of the molecule is CCCN(CC(=O)NC(=O)NC(C)(C)C)C1CCN(C(=O)c2ccccc2)CC1. The van der Waals surface area contributed by atoms with E-state index >= 15 is 0 Å². The summed E-state index contributed by atoms with van der Waals surface area (Å²) in [6.45, 7) is 9.98. The Morgan fingerprint density at radius 2 is 1.72 bits per heavy atom. The van der Waals surface area contributed by atoms with Crippen LogP contribution in [0.4, 0.5) is 4.79 Å². The third kappa shape index (κ3) is 7.49. The van der Waals surface area contributed by atoms with E-state index in [0.717, 1.165) is 25.8 Å². The Balaban J connectivity index is 1.87.